The molecule has 0 radical (unpaired) electrons. The molecule has 0 spiro atoms. The predicted molar refractivity (Wildman–Crippen MR) is 54.4 cm³/mol. The highest BCUT2D eigenvalue weighted by Gasteiger charge is 2.16. The van der Waals surface area contributed by atoms with Crippen LogP contribution in [-0.4, -0.2) is 24.8 Å². The Balaban J connectivity index is 2.61. The quantitative estimate of drug-likeness (QED) is 0.757. The Morgan fingerprint density at radius 3 is 2.73 bits per heavy atom. The number of aromatic nitrogens is 1. The molecule has 0 saturated carbocycles. The normalized spacial score (nSPS) is 12.5. The van der Waals surface area contributed by atoms with Gasteiger partial charge in [-0.3, -0.25) is 4.79 Å². The molecule has 0 amide bonds. The first-order chi connectivity index (χ1) is 7.06. The van der Waals surface area contributed by atoms with Crippen LogP contribution in [0.25, 0.3) is 0 Å². The molecule has 1 heterocycles. The molecule has 1 atom stereocenters. The molecule has 5 heteroatoms. The van der Waals surface area contributed by atoms with E-state index in [0.717, 1.165) is 17.0 Å². The number of hydrogen-bond donors (Lipinski definition) is 1. The second-order valence-electron chi connectivity index (χ2n) is 3.42. The maximum absolute atomic E-state index is 10.9. The second-order valence-corrected chi connectivity index (χ2v) is 3.42. The molecule has 0 aromatic carbocycles. The SMILES string of the molecule is COC(=O)CNC(C)c1c(C)noc1C. The number of esters is 1. The van der Waals surface area contributed by atoms with E-state index in [0.29, 0.717) is 0 Å². The fourth-order valence-corrected chi connectivity index (χ4v) is 1.52. The number of nitrogens with zero attached hydrogens (tertiary/aromatic N) is 1. The summed E-state index contributed by atoms with van der Waals surface area (Å²) in [6.07, 6.45) is 0. The fraction of sp³-hybridized carbons (Fsp3) is 0.600. The first-order valence-corrected chi connectivity index (χ1v) is 4.79. The number of methoxy groups -OCH3 is 1. The maximum Gasteiger partial charge on any atom is 0.319 e. The molecule has 0 aliphatic heterocycles. The minimum Gasteiger partial charge on any atom is -0.468 e. The van der Waals surface area contributed by atoms with Crippen LogP contribution in [0.1, 0.15) is 30.0 Å². The Labute approximate surface area is 88.8 Å². The average molecular weight is 212 g/mol. The zero-order valence-electron chi connectivity index (χ0n) is 9.46. The van der Waals surface area contributed by atoms with Crippen molar-refractivity contribution in [2.75, 3.05) is 13.7 Å². The van der Waals surface area contributed by atoms with Gasteiger partial charge >= 0.3 is 5.97 Å². The molecule has 0 fully saturated rings. The molecule has 0 bridgehead atoms. The Morgan fingerprint density at radius 1 is 1.60 bits per heavy atom. The lowest BCUT2D eigenvalue weighted by Gasteiger charge is -2.12. The fourth-order valence-electron chi connectivity index (χ4n) is 1.52. The van der Waals surface area contributed by atoms with Crippen LogP contribution < -0.4 is 5.32 Å². The van der Waals surface area contributed by atoms with Gasteiger partial charge in [0.05, 0.1) is 19.3 Å². The van der Waals surface area contributed by atoms with E-state index in [1.807, 2.05) is 20.8 Å². The molecule has 1 unspecified atom stereocenters. The number of aryl methyl sites for hydroxylation is 2. The van der Waals surface area contributed by atoms with Gasteiger partial charge in [-0.15, -0.1) is 0 Å². The monoisotopic (exact) mass is 212 g/mol. The molecular weight excluding hydrogens is 196 g/mol. The van der Waals surface area contributed by atoms with Crippen molar-refractivity contribution in [2.24, 2.45) is 0 Å². The molecule has 1 rings (SSSR count). The lowest BCUT2D eigenvalue weighted by Crippen LogP contribution is -2.27. The highest BCUT2D eigenvalue weighted by atomic mass is 16.5. The third-order valence-corrected chi connectivity index (χ3v) is 2.30. The van der Waals surface area contributed by atoms with Crippen molar-refractivity contribution in [3.05, 3.63) is 17.0 Å². The van der Waals surface area contributed by atoms with E-state index >= 15 is 0 Å². The van der Waals surface area contributed by atoms with E-state index in [-0.39, 0.29) is 18.6 Å². The summed E-state index contributed by atoms with van der Waals surface area (Å²) in [5, 5.41) is 6.90. The van der Waals surface area contributed by atoms with Crippen molar-refractivity contribution < 1.29 is 14.1 Å². The van der Waals surface area contributed by atoms with Crippen LogP contribution in [0.3, 0.4) is 0 Å². The van der Waals surface area contributed by atoms with E-state index in [1.54, 1.807) is 0 Å². The Morgan fingerprint density at radius 2 is 2.27 bits per heavy atom. The summed E-state index contributed by atoms with van der Waals surface area (Å²) < 4.78 is 9.58. The molecule has 1 N–H and O–H groups in total. The molecule has 0 saturated heterocycles. The smallest absolute Gasteiger partial charge is 0.319 e. The van der Waals surface area contributed by atoms with Gasteiger partial charge in [-0.25, -0.2) is 0 Å². The minimum absolute atomic E-state index is 0.0235. The summed E-state index contributed by atoms with van der Waals surface area (Å²) >= 11 is 0. The van der Waals surface area contributed by atoms with Crippen molar-refractivity contribution in [2.45, 2.75) is 26.8 Å². The Hall–Kier alpha value is -1.36. The van der Waals surface area contributed by atoms with Gasteiger partial charge in [-0.1, -0.05) is 5.16 Å². The number of carbonyl (C=O) groups is 1. The van der Waals surface area contributed by atoms with E-state index in [2.05, 4.69) is 15.2 Å². The summed E-state index contributed by atoms with van der Waals surface area (Å²) in [6.45, 7) is 5.87. The second kappa shape index (κ2) is 4.93. The van der Waals surface area contributed by atoms with Gasteiger partial charge in [0.15, 0.2) is 0 Å². The zero-order chi connectivity index (χ0) is 11.4. The van der Waals surface area contributed by atoms with Gasteiger partial charge in [0.2, 0.25) is 0 Å². The van der Waals surface area contributed by atoms with Crippen molar-refractivity contribution in [3.63, 3.8) is 0 Å². The first kappa shape index (κ1) is 11.7. The molecule has 0 aliphatic carbocycles. The predicted octanol–water partition coefficient (Wildman–Crippen LogP) is 1.12. The molecule has 1 aromatic rings. The van der Waals surface area contributed by atoms with Gasteiger partial charge in [0, 0.05) is 11.6 Å². The van der Waals surface area contributed by atoms with E-state index < -0.39 is 0 Å². The minimum atomic E-state index is -0.284. The standard InChI is InChI=1S/C10H16N2O3/c1-6(11-5-9(13)14-4)10-7(2)12-15-8(10)3/h6,11H,5H2,1-4H3. The van der Waals surface area contributed by atoms with Crippen LogP contribution in [0.5, 0.6) is 0 Å². The third kappa shape index (κ3) is 2.79. The molecule has 15 heavy (non-hydrogen) atoms. The largest absolute Gasteiger partial charge is 0.468 e. The summed E-state index contributed by atoms with van der Waals surface area (Å²) in [5.41, 5.74) is 1.84. The number of ether oxygens (including phenoxy) is 1. The van der Waals surface area contributed by atoms with Gasteiger partial charge in [-0.05, 0) is 20.8 Å². The molecular formula is C10H16N2O3. The average Bonchev–Trinajstić information content (AvgIpc) is 2.54. The van der Waals surface area contributed by atoms with Crippen molar-refractivity contribution >= 4 is 5.97 Å². The van der Waals surface area contributed by atoms with Gasteiger partial charge < -0.3 is 14.6 Å². The Bertz CT molecular complexity index is 327. The number of rotatable bonds is 4. The first-order valence-electron chi connectivity index (χ1n) is 4.79. The van der Waals surface area contributed by atoms with Crippen LogP contribution in [-0.2, 0) is 9.53 Å². The maximum atomic E-state index is 10.9. The van der Waals surface area contributed by atoms with Crippen LogP contribution in [0.2, 0.25) is 0 Å². The highest BCUT2D eigenvalue weighted by molar-refractivity contribution is 5.71. The van der Waals surface area contributed by atoms with Crippen LogP contribution in [0.4, 0.5) is 0 Å². The van der Waals surface area contributed by atoms with Crippen molar-refractivity contribution in [1.82, 2.24) is 10.5 Å². The van der Waals surface area contributed by atoms with Crippen molar-refractivity contribution in [1.29, 1.82) is 0 Å². The summed E-state index contributed by atoms with van der Waals surface area (Å²) in [6, 6.07) is 0.0235. The number of carbonyl (C=O) groups excluding carboxylic acids is 1. The lowest BCUT2D eigenvalue weighted by atomic mass is 10.1. The van der Waals surface area contributed by atoms with Crippen LogP contribution >= 0.6 is 0 Å². The molecule has 0 aliphatic rings. The van der Waals surface area contributed by atoms with Crippen LogP contribution in [0, 0.1) is 13.8 Å². The van der Waals surface area contributed by atoms with Gasteiger partial charge in [0.25, 0.3) is 0 Å². The topological polar surface area (TPSA) is 64.4 Å². The summed E-state index contributed by atoms with van der Waals surface area (Å²) in [5.74, 6) is 0.492. The zero-order valence-corrected chi connectivity index (χ0v) is 9.46. The number of nitrogens with one attached hydrogen (secondary N) is 1. The van der Waals surface area contributed by atoms with E-state index in [4.69, 9.17) is 4.52 Å². The van der Waals surface area contributed by atoms with Crippen molar-refractivity contribution in [3.8, 4) is 0 Å². The molecule has 5 nitrogen and oxygen atoms in total. The van der Waals surface area contributed by atoms with Gasteiger partial charge in [0.1, 0.15) is 5.76 Å². The number of hydrogen-bond acceptors (Lipinski definition) is 5. The highest BCUT2D eigenvalue weighted by Crippen LogP contribution is 2.20. The molecule has 84 valence electrons. The van der Waals surface area contributed by atoms with E-state index in [1.165, 1.54) is 7.11 Å². The molecule has 1 aromatic heterocycles. The lowest BCUT2D eigenvalue weighted by molar-refractivity contribution is -0.139. The summed E-state index contributed by atoms with van der Waals surface area (Å²) in [4.78, 5) is 10.9. The van der Waals surface area contributed by atoms with E-state index in [9.17, 15) is 4.79 Å². The Kier molecular flexibility index (Phi) is 3.85. The van der Waals surface area contributed by atoms with Gasteiger partial charge in [-0.2, -0.15) is 0 Å². The third-order valence-electron chi connectivity index (χ3n) is 2.30. The summed E-state index contributed by atoms with van der Waals surface area (Å²) in [7, 11) is 1.37. The van der Waals surface area contributed by atoms with Crippen LogP contribution in [0.15, 0.2) is 4.52 Å².